The van der Waals surface area contributed by atoms with E-state index < -0.39 is 11.8 Å². The van der Waals surface area contributed by atoms with Gasteiger partial charge in [-0.2, -0.15) is 11.8 Å². The van der Waals surface area contributed by atoms with Crippen molar-refractivity contribution in [3.8, 4) is 0 Å². The topological polar surface area (TPSA) is 61.4 Å². The van der Waals surface area contributed by atoms with E-state index in [1.54, 1.807) is 0 Å². The van der Waals surface area contributed by atoms with Gasteiger partial charge in [0.15, 0.2) is 0 Å². The second-order valence-corrected chi connectivity index (χ2v) is 8.52. The van der Waals surface area contributed by atoms with Gasteiger partial charge in [-0.3, -0.25) is 14.5 Å². The molecule has 0 bridgehead atoms. The summed E-state index contributed by atoms with van der Waals surface area (Å²) in [7, 11) is 0. The monoisotopic (exact) mass is 375 g/mol. The van der Waals surface area contributed by atoms with Gasteiger partial charge in [-0.1, -0.05) is 29.8 Å². The molecule has 2 heterocycles. The molecule has 5 nitrogen and oxygen atoms in total. The second-order valence-electron chi connectivity index (χ2n) is 7.38. The Bertz CT molecular complexity index is 606. The number of rotatable bonds is 5. The molecule has 2 aliphatic rings. The van der Waals surface area contributed by atoms with E-state index in [0.717, 1.165) is 37.5 Å². The Morgan fingerprint density at radius 3 is 2.42 bits per heavy atom. The first kappa shape index (κ1) is 19.2. The minimum Gasteiger partial charge on any atom is -0.348 e. The number of hydrogen-bond donors (Lipinski definition) is 2. The zero-order chi connectivity index (χ0) is 18.4. The van der Waals surface area contributed by atoms with E-state index >= 15 is 0 Å². The Labute approximate surface area is 160 Å². The lowest BCUT2D eigenvalue weighted by molar-refractivity contribution is -0.139. The molecule has 1 aromatic rings. The summed E-state index contributed by atoms with van der Waals surface area (Å²) in [6.07, 6.45) is 3.52. The zero-order valence-corrected chi connectivity index (χ0v) is 16.3. The van der Waals surface area contributed by atoms with Crippen molar-refractivity contribution >= 4 is 23.6 Å². The number of hydrogen-bond acceptors (Lipinski definition) is 4. The number of aryl methyl sites for hydroxylation is 1. The summed E-state index contributed by atoms with van der Waals surface area (Å²) in [5.41, 5.74) is 2.17. The van der Waals surface area contributed by atoms with Crippen LogP contribution < -0.4 is 10.6 Å². The Morgan fingerprint density at radius 2 is 1.77 bits per heavy atom. The summed E-state index contributed by atoms with van der Waals surface area (Å²) >= 11 is 2.05. The van der Waals surface area contributed by atoms with E-state index in [9.17, 15) is 9.59 Å². The molecular formula is C20H29N3O2S. The van der Waals surface area contributed by atoms with Crippen LogP contribution in [0.2, 0.25) is 0 Å². The van der Waals surface area contributed by atoms with Crippen LogP contribution in [0.1, 0.15) is 30.4 Å². The maximum Gasteiger partial charge on any atom is 0.309 e. The number of nitrogens with one attached hydrogen (secondary N) is 2. The fourth-order valence-electron chi connectivity index (χ4n) is 3.62. The van der Waals surface area contributed by atoms with E-state index in [4.69, 9.17) is 0 Å². The molecule has 2 saturated heterocycles. The Hall–Kier alpha value is -1.53. The van der Waals surface area contributed by atoms with Crippen molar-refractivity contribution in [2.45, 2.75) is 38.8 Å². The van der Waals surface area contributed by atoms with Crippen molar-refractivity contribution < 1.29 is 9.59 Å². The van der Waals surface area contributed by atoms with Crippen LogP contribution in [0.3, 0.4) is 0 Å². The molecule has 1 aromatic carbocycles. The molecule has 1 atom stereocenters. The Balaban J connectivity index is 1.33. The standard InChI is InChI=1S/C20H29N3O2S/c1-15-2-4-16(5-3-15)12-21-19(24)20(25)22-13-17-6-9-23(10-7-17)18-8-11-26-14-18/h2-5,17-18H,6-14H2,1H3,(H,21,24)(H,22,25). The maximum atomic E-state index is 12.0. The van der Waals surface area contributed by atoms with Crippen LogP contribution in [-0.4, -0.2) is 53.9 Å². The molecule has 2 aliphatic heterocycles. The van der Waals surface area contributed by atoms with Crippen molar-refractivity contribution in [3.05, 3.63) is 35.4 Å². The fraction of sp³-hybridized carbons (Fsp3) is 0.600. The number of thioether (sulfide) groups is 1. The molecule has 0 aliphatic carbocycles. The highest BCUT2D eigenvalue weighted by atomic mass is 32.2. The predicted molar refractivity (Wildman–Crippen MR) is 106 cm³/mol. The van der Waals surface area contributed by atoms with Gasteiger partial charge in [0.2, 0.25) is 0 Å². The van der Waals surface area contributed by atoms with E-state index in [0.29, 0.717) is 19.0 Å². The molecule has 2 fully saturated rings. The minimum absolute atomic E-state index is 0.379. The Kier molecular flexibility index (Phi) is 6.97. The first-order valence-corrected chi connectivity index (χ1v) is 10.7. The summed E-state index contributed by atoms with van der Waals surface area (Å²) < 4.78 is 0. The van der Waals surface area contributed by atoms with Gasteiger partial charge in [-0.25, -0.2) is 0 Å². The largest absolute Gasteiger partial charge is 0.348 e. The quantitative estimate of drug-likeness (QED) is 0.772. The van der Waals surface area contributed by atoms with Crippen LogP contribution in [0.4, 0.5) is 0 Å². The Morgan fingerprint density at radius 1 is 1.08 bits per heavy atom. The van der Waals surface area contributed by atoms with Crippen LogP contribution in [-0.2, 0) is 16.1 Å². The van der Waals surface area contributed by atoms with Gasteiger partial charge in [0.1, 0.15) is 0 Å². The number of benzene rings is 1. The fourth-order valence-corrected chi connectivity index (χ4v) is 4.87. The van der Waals surface area contributed by atoms with Gasteiger partial charge in [0, 0.05) is 24.9 Å². The second kappa shape index (κ2) is 9.42. The third-order valence-corrected chi connectivity index (χ3v) is 6.55. The van der Waals surface area contributed by atoms with Crippen molar-refractivity contribution in [1.29, 1.82) is 0 Å². The summed E-state index contributed by atoms with van der Waals surface area (Å²) in [4.78, 5) is 26.6. The number of piperidine rings is 1. The van der Waals surface area contributed by atoms with Gasteiger partial charge >= 0.3 is 11.8 Å². The average Bonchev–Trinajstić information content (AvgIpc) is 3.20. The highest BCUT2D eigenvalue weighted by molar-refractivity contribution is 7.99. The highest BCUT2D eigenvalue weighted by Gasteiger charge is 2.27. The smallest absolute Gasteiger partial charge is 0.309 e. The van der Waals surface area contributed by atoms with E-state index in [1.165, 1.54) is 23.5 Å². The van der Waals surface area contributed by atoms with Gasteiger partial charge in [-0.15, -0.1) is 0 Å². The van der Waals surface area contributed by atoms with Crippen molar-refractivity contribution in [2.75, 3.05) is 31.1 Å². The third kappa shape index (κ3) is 5.48. The van der Waals surface area contributed by atoms with Crippen LogP contribution in [0.5, 0.6) is 0 Å². The highest BCUT2D eigenvalue weighted by Crippen LogP contribution is 2.26. The average molecular weight is 376 g/mol. The molecule has 0 aromatic heterocycles. The molecule has 6 heteroatoms. The molecule has 0 spiro atoms. The molecular weight excluding hydrogens is 346 g/mol. The van der Waals surface area contributed by atoms with Gasteiger partial charge in [-0.05, 0) is 56.5 Å². The third-order valence-electron chi connectivity index (χ3n) is 5.40. The molecule has 2 amide bonds. The number of carbonyl (C=O) groups excluding carboxylic acids is 2. The summed E-state index contributed by atoms with van der Waals surface area (Å²) in [6, 6.07) is 8.67. The van der Waals surface area contributed by atoms with E-state index in [1.807, 2.05) is 31.2 Å². The van der Waals surface area contributed by atoms with Gasteiger partial charge in [0.25, 0.3) is 0 Å². The van der Waals surface area contributed by atoms with Gasteiger partial charge < -0.3 is 10.6 Å². The number of nitrogens with zero attached hydrogens (tertiary/aromatic N) is 1. The van der Waals surface area contributed by atoms with E-state index in [-0.39, 0.29) is 0 Å². The molecule has 0 saturated carbocycles. The van der Waals surface area contributed by atoms with Crippen molar-refractivity contribution in [3.63, 3.8) is 0 Å². The summed E-state index contributed by atoms with van der Waals surface area (Å²) in [5, 5.41) is 5.50. The van der Waals surface area contributed by atoms with E-state index in [2.05, 4.69) is 27.3 Å². The SMILES string of the molecule is Cc1ccc(CNC(=O)C(=O)NCC2CCN(C3CCSC3)CC2)cc1. The van der Waals surface area contributed by atoms with Crippen LogP contribution in [0.15, 0.2) is 24.3 Å². The predicted octanol–water partition coefficient (Wildman–Crippen LogP) is 1.94. The molecule has 26 heavy (non-hydrogen) atoms. The minimum atomic E-state index is -0.550. The molecule has 1 unspecified atom stereocenters. The van der Waals surface area contributed by atoms with Gasteiger partial charge in [0.05, 0.1) is 0 Å². The molecule has 2 N–H and O–H groups in total. The molecule has 142 valence electrons. The number of amides is 2. The first-order chi connectivity index (χ1) is 12.6. The van der Waals surface area contributed by atoms with Crippen molar-refractivity contribution in [2.24, 2.45) is 5.92 Å². The normalized spacial score (nSPS) is 21.5. The lowest BCUT2D eigenvalue weighted by atomic mass is 9.95. The van der Waals surface area contributed by atoms with Crippen molar-refractivity contribution in [1.82, 2.24) is 15.5 Å². The lowest BCUT2D eigenvalue weighted by Gasteiger charge is -2.35. The maximum absolute atomic E-state index is 12.0. The van der Waals surface area contributed by atoms with Crippen LogP contribution in [0, 0.1) is 12.8 Å². The summed E-state index contributed by atoms with van der Waals surface area (Å²) in [6.45, 7) is 5.23. The number of carbonyl (C=O) groups is 2. The molecule has 3 rings (SSSR count). The number of likely N-dealkylation sites (tertiary alicyclic amines) is 1. The molecule has 0 radical (unpaired) electrons. The summed E-state index contributed by atoms with van der Waals surface area (Å²) in [5.74, 6) is 1.97. The zero-order valence-electron chi connectivity index (χ0n) is 15.5. The first-order valence-electron chi connectivity index (χ1n) is 9.55. The lowest BCUT2D eigenvalue weighted by Crippen LogP contribution is -2.45. The van der Waals surface area contributed by atoms with Crippen LogP contribution in [0.25, 0.3) is 0 Å². The van der Waals surface area contributed by atoms with Crippen LogP contribution >= 0.6 is 11.8 Å².